The van der Waals surface area contributed by atoms with Crippen LogP contribution in [0.2, 0.25) is 0 Å². The van der Waals surface area contributed by atoms with Crippen LogP contribution in [0.4, 0.5) is 4.79 Å². The molecule has 2 fully saturated rings. The third-order valence-electron chi connectivity index (χ3n) is 7.46. The predicted octanol–water partition coefficient (Wildman–Crippen LogP) is 4.33. The number of likely N-dealkylation sites (N-methyl/N-ethyl adjacent to an activating group) is 1. The van der Waals surface area contributed by atoms with Crippen LogP contribution < -0.4 is 4.74 Å². The van der Waals surface area contributed by atoms with Gasteiger partial charge in [-0.3, -0.25) is 4.90 Å². The average molecular weight is 408 g/mol. The minimum atomic E-state index is -0.0716. The van der Waals surface area contributed by atoms with Crippen molar-refractivity contribution >= 4 is 6.03 Å². The fraction of sp³-hybridized carbons (Fsp3) is 0.480. The zero-order valence-electron chi connectivity index (χ0n) is 18.6. The molecule has 0 aromatic heterocycles. The molecule has 1 heterocycles. The van der Waals surface area contributed by atoms with Crippen LogP contribution in [0.3, 0.4) is 0 Å². The van der Waals surface area contributed by atoms with Crippen LogP contribution in [-0.2, 0) is 12.1 Å². The molecular weight excluding hydrogens is 374 g/mol. The Labute approximate surface area is 180 Å². The minimum Gasteiger partial charge on any atom is -0.497 e. The van der Waals surface area contributed by atoms with Crippen molar-refractivity contribution in [3.05, 3.63) is 65.7 Å². The van der Waals surface area contributed by atoms with Gasteiger partial charge in [-0.15, -0.1) is 0 Å². The van der Waals surface area contributed by atoms with Gasteiger partial charge in [-0.2, -0.15) is 0 Å². The number of hydrogen-bond donors (Lipinski definition) is 0. The molecule has 2 aliphatic rings. The van der Waals surface area contributed by atoms with Gasteiger partial charge in [0.1, 0.15) is 5.75 Å². The number of nitrogens with zero attached hydrogens (tertiary/aromatic N) is 3. The van der Waals surface area contributed by atoms with Crippen molar-refractivity contribution in [1.82, 2.24) is 14.7 Å². The van der Waals surface area contributed by atoms with Crippen LogP contribution >= 0.6 is 0 Å². The van der Waals surface area contributed by atoms with E-state index in [-0.39, 0.29) is 17.1 Å². The smallest absolute Gasteiger partial charge is 0.320 e. The molecule has 0 bridgehead atoms. The SMILES string of the molecule is COc1ccc(CN2C[C@]3(CC[C@@](c4ccccc4)(N(C)C)CC3)N(C)C2=O)cc1. The van der Waals surface area contributed by atoms with Gasteiger partial charge >= 0.3 is 6.03 Å². The molecule has 2 amide bonds. The molecule has 5 nitrogen and oxygen atoms in total. The van der Waals surface area contributed by atoms with E-state index in [4.69, 9.17) is 4.74 Å². The summed E-state index contributed by atoms with van der Waals surface area (Å²) in [5, 5.41) is 0. The lowest BCUT2D eigenvalue weighted by atomic mass is 9.68. The van der Waals surface area contributed by atoms with Crippen LogP contribution in [0.1, 0.15) is 36.8 Å². The Morgan fingerprint density at radius 3 is 2.17 bits per heavy atom. The second-order valence-electron chi connectivity index (χ2n) is 9.06. The molecule has 0 atom stereocenters. The Hall–Kier alpha value is -2.53. The average Bonchev–Trinajstić information content (AvgIpc) is 3.00. The molecule has 1 saturated heterocycles. The van der Waals surface area contributed by atoms with Gasteiger partial charge in [0.2, 0.25) is 0 Å². The molecule has 0 unspecified atom stereocenters. The van der Waals surface area contributed by atoms with E-state index >= 15 is 0 Å². The van der Waals surface area contributed by atoms with Crippen LogP contribution in [0.5, 0.6) is 5.75 Å². The topological polar surface area (TPSA) is 36.0 Å². The van der Waals surface area contributed by atoms with Gasteiger partial charge in [-0.25, -0.2) is 4.79 Å². The molecule has 2 aromatic rings. The Kier molecular flexibility index (Phi) is 5.49. The van der Waals surface area contributed by atoms with Crippen LogP contribution in [0.15, 0.2) is 54.6 Å². The summed E-state index contributed by atoms with van der Waals surface area (Å²) >= 11 is 0. The van der Waals surface area contributed by atoms with Gasteiger partial charge in [0.05, 0.1) is 12.6 Å². The Morgan fingerprint density at radius 1 is 0.967 bits per heavy atom. The van der Waals surface area contributed by atoms with E-state index in [0.29, 0.717) is 6.54 Å². The summed E-state index contributed by atoms with van der Waals surface area (Å²) in [7, 11) is 8.03. The summed E-state index contributed by atoms with van der Waals surface area (Å²) in [6, 6.07) is 19.0. The van der Waals surface area contributed by atoms with Gasteiger partial charge in [0.25, 0.3) is 0 Å². The summed E-state index contributed by atoms with van der Waals surface area (Å²) in [6.07, 6.45) is 4.14. The standard InChI is InChI=1S/C25H33N3O2/c1-26(2)25(21-8-6-5-7-9-21)16-14-24(15-17-25)19-28(23(29)27(24)3)18-20-10-12-22(30-4)13-11-20/h5-13H,14-19H2,1-4H3/t24-,25-. The summed E-state index contributed by atoms with van der Waals surface area (Å²) in [5.41, 5.74) is 2.49. The number of benzene rings is 2. The molecule has 0 radical (unpaired) electrons. The highest BCUT2D eigenvalue weighted by atomic mass is 16.5. The first kappa shape index (κ1) is 20.7. The summed E-state index contributed by atoms with van der Waals surface area (Å²) in [6.45, 7) is 1.44. The number of amides is 2. The first-order valence-corrected chi connectivity index (χ1v) is 10.8. The van der Waals surface area contributed by atoms with Gasteiger partial charge in [-0.1, -0.05) is 42.5 Å². The number of carbonyl (C=O) groups is 1. The van der Waals surface area contributed by atoms with Gasteiger partial charge in [-0.05, 0) is 63.0 Å². The second-order valence-corrected chi connectivity index (χ2v) is 9.06. The van der Waals surface area contributed by atoms with E-state index in [1.54, 1.807) is 7.11 Å². The fourth-order valence-electron chi connectivity index (χ4n) is 5.38. The Morgan fingerprint density at radius 2 is 1.60 bits per heavy atom. The van der Waals surface area contributed by atoms with Crippen molar-refractivity contribution in [3.63, 3.8) is 0 Å². The molecule has 30 heavy (non-hydrogen) atoms. The van der Waals surface area contributed by atoms with Crippen LogP contribution in [0, 0.1) is 0 Å². The third kappa shape index (κ3) is 3.45. The van der Waals surface area contributed by atoms with Crippen molar-refractivity contribution in [2.24, 2.45) is 0 Å². The summed E-state index contributed by atoms with van der Waals surface area (Å²) < 4.78 is 5.25. The maximum absolute atomic E-state index is 13.1. The quantitative estimate of drug-likeness (QED) is 0.740. The first-order chi connectivity index (χ1) is 14.4. The van der Waals surface area contributed by atoms with Crippen molar-refractivity contribution in [2.75, 3.05) is 34.8 Å². The molecule has 5 heteroatoms. The van der Waals surface area contributed by atoms with E-state index in [9.17, 15) is 4.79 Å². The molecule has 4 rings (SSSR count). The lowest BCUT2D eigenvalue weighted by molar-refractivity contribution is 0.0319. The van der Waals surface area contributed by atoms with E-state index in [2.05, 4.69) is 49.3 Å². The van der Waals surface area contributed by atoms with Crippen LogP contribution in [-0.4, -0.2) is 61.1 Å². The summed E-state index contributed by atoms with van der Waals surface area (Å²) in [4.78, 5) is 19.5. The van der Waals surface area contributed by atoms with E-state index in [0.717, 1.165) is 43.5 Å². The van der Waals surface area contributed by atoms with E-state index in [1.807, 2.05) is 41.1 Å². The highest BCUT2D eigenvalue weighted by Gasteiger charge is 2.53. The largest absolute Gasteiger partial charge is 0.497 e. The zero-order chi connectivity index (χ0) is 21.4. The van der Waals surface area contributed by atoms with Gasteiger partial charge < -0.3 is 14.5 Å². The number of hydrogen-bond acceptors (Lipinski definition) is 3. The maximum atomic E-state index is 13.1. The number of ether oxygens (including phenoxy) is 1. The second kappa shape index (κ2) is 7.95. The molecule has 0 N–H and O–H groups in total. The van der Waals surface area contributed by atoms with Crippen LogP contribution in [0.25, 0.3) is 0 Å². The highest BCUT2D eigenvalue weighted by Crippen LogP contribution is 2.48. The number of carbonyl (C=O) groups excluding carboxylic acids is 1. The monoisotopic (exact) mass is 407 g/mol. The van der Waals surface area contributed by atoms with Crippen molar-refractivity contribution in [3.8, 4) is 5.75 Å². The lowest BCUT2D eigenvalue weighted by Crippen LogP contribution is -2.54. The zero-order valence-corrected chi connectivity index (χ0v) is 18.6. The number of methoxy groups -OCH3 is 1. The predicted molar refractivity (Wildman–Crippen MR) is 120 cm³/mol. The highest BCUT2D eigenvalue weighted by molar-refractivity contribution is 5.78. The maximum Gasteiger partial charge on any atom is 0.320 e. The number of rotatable bonds is 5. The van der Waals surface area contributed by atoms with Crippen molar-refractivity contribution in [1.29, 1.82) is 0 Å². The molecule has 2 aromatic carbocycles. The Bertz CT molecular complexity index is 871. The van der Waals surface area contributed by atoms with Crippen molar-refractivity contribution in [2.45, 2.75) is 43.3 Å². The molecule has 1 spiro atoms. The molecule has 160 valence electrons. The van der Waals surface area contributed by atoms with Gasteiger partial charge in [0, 0.05) is 25.7 Å². The Balaban J connectivity index is 1.51. The molecule has 1 aliphatic heterocycles. The minimum absolute atomic E-state index is 0.0415. The van der Waals surface area contributed by atoms with E-state index in [1.165, 1.54) is 5.56 Å². The lowest BCUT2D eigenvalue weighted by Gasteiger charge is -2.50. The normalized spacial score (nSPS) is 26.6. The van der Waals surface area contributed by atoms with Gasteiger partial charge in [0.15, 0.2) is 0 Å². The summed E-state index contributed by atoms with van der Waals surface area (Å²) in [5.74, 6) is 0.841. The molecular formula is C25H33N3O2. The molecule has 1 aliphatic carbocycles. The number of urea groups is 1. The van der Waals surface area contributed by atoms with Crippen molar-refractivity contribution < 1.29 is 9.53 Å². The third-order valence-corrected chi connectivity index (χ3v) is 7.46. The first-order valence-electron chi connectivity index (χ1n) is 10.8. The molecule has 1 saturated carbocycles. The fourth-order valence-corrected chi connectivity index (χ4v) is 5.38. The van der Waals surface area contributed by atoms with E-state index < -0.39 is 0 Å².